The number of ether oxygens (including phenoxy) is 4. The van der Waals surface area contributed by atoms with Crippen LogP contribution >= 0.6 is 0 Å². The molecule has 0 radical (unpaired) electrons. The van der Waals surface area contributed by atoms with Gasteiger partial charge in [-0.1, -0.05) is 0 Å². The first-order valence-corrected chi connectivity index (χ1v) is 8.22. The molecular formula is C18H25NO4. The van der Waals surface area contributed by atoms with Crippen LogP contribution in [-0.4, -0.2) is 52.4 Å². The molecule has 1 aromatic rings. The molecule has 2 heterocycles. The van der Waals surface area contributed by atoms with Crippen molar-refractivity contribution in [3.63, 3.8) is 0 Å². The first-order valence-electron chi connectivity index (χ1n) is 8.22. The standard InChI is InChI=1S/C18H25NO4/c1-20-6-3-7-23-17-10-14-12-18(4-8-22-9-5-18)19-13-15(14)11-16(17)21-2/h10-11,13H,3-9,12H2,1-2H3. The fraction of sp³-hybridized carbons (Fsp3) is 0.611. The number of hydrogen-bond acceptors (Lipinski definition) is 5. The molecule has 1 fully saturated rings. The number of aliphatic imine (C=N–C) groups is 1. The quantitative estimate of drug-likeness (QED) is 0.756. The maximum Gasteiger partial charge on any atom is 0.161 e. The number of methoxy groups -OCH3 is 2. The molecule has 2 aliphatic heterocycles. The Morgan fingerprint density at radius 3 is 2.70 bits per heavy atom. The zero-order valence-electron chi connectivity index (χ0n) is 14.0. The van der Waals surface area contributed by atoms with Crippen molar-refractivity contribution in [1.29, 1.82) is 0 Å². The van der Waals surface area contributed by atoms with Crippen molar-refractivity contribution in [2.45, 2.75) is 31.2 Å². The Hall–Kier alpha value is -1.59. The Labute approximate surface area is 137 Å². The van der Waals surface area contributed by atoms with Gasteiger partial charge in [-0.15, -0.1) is 0 Å². The highest BCUT2D eigenvalue weighted by atomic mass is 16.5. The second-order valence-electron chi connectivity index (χ2n) is 6.17. The molecule has 0 aliphatic carbocycles. The number of fused-ring (bicyclic) bond motifs is 1. The van der Waals surface area contributed by atoms with Gasteiger partial charge in [0.05, 0.1) is 19.3 Å². The van der Waals surface area contributed by atoms with Gasteiger partial charge in [0.2, 0.25) is 0 Å². The van der Waals surface area contributed by atoms with Gasteiger partial charge in [-0.25, -0.2) is 0 Å². The zero-order valence-corrected chi connectivity index (χ0v) is 14.0. The highest BCUT2D eigenvalue weighted by Gasteiger charge is 2.35. The van der Waals surface area contributed by atoms with Gasteiger partial charge in [0.15, 0.2) is 11.5 Å². The molecule has 0 bridgehead atoms. The van der Waals surface area contributed by atoms with Crippen LogP contribution in [0.15, 0.2) is 17.1 Å². The molecule has 0 amide bonds. The second kappa shape index (κ2) is 7.32. The lowest BCUT2D eigenvalue weighted by Gasteiger charge is -2.36. The summed E-state index contributed by atoms with van der Waals surface area (Å²) in [6, 6.07) is 4.14. The van der Waals surface area contributed by atoms with E-state index in [0.717, 1.165) is 56.0 Å². The highest BCUT2D eigenvalue weighted by Crippen LogP contribution is 2.38. The molecule has 0 aromatic heterocycles. The van der Waals surface area contributed by atoms with E-state index in [1.54, 1.807) is 14.2 Å². The molecule has 23 heavy (non-hydrogen) atoms. The molecule has 0 unspecified atom stereocenters. The van der Waals surface area contributed by atoms with Crippen LogP contribution in [0.3, 0.4) is 0 Å². The monoisotopic (exact) mass is 319 g/mol. The van der Waals surface area contributed by atoms with Gasteiger partial charge in [0.25, 0.3) is 0 Å². The van der Waals surface area contributed by atoms with Gasteiger partial charge in [-0.2, -0.15) is 0 Å². The third-order valence-corrected chi connectivity index (χ3v) is 4.60. The smallest absolute Gasteiger partial charge is 0.161 e. The summed E-state index contributed by atoms with van der Waals surface area (Å²) in [6.07, 6.45) is 5.76. The van der Waals surface area contributed by atoms with E-state index in [9.17, 15) is 0 Å². The van der Waals surface area contributed by atoms with Crippen LogP contribution in [-0.2, 0) is 15.9 Å². The van der Waals surface area contributed by atoms with Crippen LogP contribution in [0.5, 0.6) is 11.5 Å². The molecule has 2 aliphatic rings. The van der Waals surface area contributed by atoms with Gasteiger partial charge in [0, 0.05) is 39.6 Å². The summed E-state index contributed by atoms with van der Waals surface area (Å²) in [5.41, 5.74) is 2.42. The van der Waals surface area contributed by atoms with Crippen molar-refractivity contribution in [2.75, 3.05) is 40.6 Å². The maximum absolute atomic E-state index is 5.90. The van der Waals surface area contributed by atoms with E-state index in [1.807, 2.05) is 12.3 Å². The van der Waals surface area contributed by atoms with Crippen molar-refractivity contribution in [3.05, 3.63) is 23.3 Å². The Kier molecular flexibility index (Phi) is 5.18. The number of benzene rings is 1. The minimum atomic E-state index is 0.00710. The van der Waals surface area contributed by atoms with Crippen molar-refractivity contribution >= 4 is 6.21 Å². The summed E-state index contributed by atoms with van der Waals surface area (Å²) in [7, 11) is 3.37. The normalized spacial score (nSPS) is 18.7. The topological polar surface area (TPSA) is 49.3 Å². The first-order chi connectivity index (χ1) is 11.3. The largest absolute Gasteiger partial charge is 0.493 e. The molecule has 5 heteroatoms. The van der Waals surface area contributed by atoms with Crippen molar-refractivity contribution in [2.24, 2.45) is 4.99 Å². The van der Waals surface area contributed by atoms with E-state index in [1.165, 1.54) is 5.56 Å². The lowest BCUT2D eigenvalue weighted by molar-refractivity contribution is 0.0539. The molecule has 0 N–H and O–H groups in total. The predicted molar refractivity (Wildman–Crippen MR) is 89.1 cm³/mol. The van der Waals surface area contributed by atoms with Crippen LogP contribution in [0, 0.1) is 0 Å². The second-order valence-corrected chi connectivity index (χ2v) is 6.17. The Bertz CT molecular complexity index is 564. The van der Waals surface area contributed by atoms with E-state index in [0.29, 0.717) is 13.2 Å². The molecule has 3 rings (SSSR count). The predicted octanol–water partition coefficient (Wildman–Crippen LogP) is 2.63. The van der Waals surface area contributed by atoms with Crippen molar-refractivity contribution < 1.29 is 18.9 Å². The minimum Gasteiger partial charge on any atom is -0.493 e. The lowest BCUT2D eigenvalue weighted by Crippen LogP contribution is -2.38. The highest BCUT2D eigenvalue weighted by molar-refractivity contribution is 5.85. The third-order valence-electron chi connectivity index (χ3n) is 4.60. The lowest BCUT2D eigenvalue weighted by atomic mass is 9.81. The van der Waals surface area contributed by atoms with Gasteiger partial charge < -0.3 is 18.9 Å². The average Bonchev–Trinajstić information content (AvgIpc) is 2.59. The van der Waals surface area contributed by atoms with Crippen LogP contribution < -0.4 is 9.47 Å². The van der Waals surface area contributed by atoms with Gasteiger partial charge in [-0.3, -0.25) is 4.99 Å². The van der Waals surface area contributed by atoms with E-state index in [4.69, 9.17) is 23.9 Å². The molecule has 1 spiro atoms. The number of rotatable bonds is 6. The van der Waals surface area contributed by atoms with E-state index in [2.05, 4.69) is 6.07 Å². The Morgan fingerprint density at radius 2 is 1.96 bits per heavy atom. The summed E-state index contributed by atoms with van der Waals surface area (Å²) in [5, 5.41) is 0. The summed E-state index contributed by atoms with van der Waals surface area (Å²) < 4.78 is 21.9. The summed E-state index contributed by atoms with van der Waals surface area (Å²) >= 11 is 0. The van der Waals surface area contributed by atoms with Crippen LogP contribution in [0.4, 0.5) is 0 Å². The zero-order chi connectivity index (χ0) is 16.1. The molecule has 0 atom stereocenters. The van der Waals surface area contributed by atoms with Gasteiger partial charge in [-0.05, 0) is 42.5 Å². The van der Waals surface area contributed by atoms with E-state index in [-0.39, 0.29) is 5.54 Å². The Balaban J connectivity index is 1.78. The van der Waals surface area contributed by atoms with Crippen LogP contribution in [0.25, 0.3) is 0 Å². The average molecular weight is 319 g/mol. The summed E-state index contributed by atoms with van der Waals surface area (Å²) in [6.45, 7) is 2.91. The fourth-order valence-corrected chi connectivity index (χ4v) is 3.21. The fourth-order valence-electron chi connectivity index (χ4n) is 3.21. The van der Waals surface area contributed by atoms with Gasteiger partial charge >= 0.3 is 0 Å². The molecule has 1 aromatic carbocycles. The minimum absolute atomic E-state index is 0.00710. The molecular weight excluding hydrogens is 294 g/mol. The maximum atomic E-state index is 5.90. The third kappa shape index (κ3) is 3.67. The SMILES string of the molecule is COCCCOc1cc2c(cc1OC)C=NC1(CCOCC1)C2. The van der Waals surface area contributed by atoms with Crippen LogP contribution in [0.1, 0.15) is 30.4 Å². The molecule has 0 saturated carbocycles. The van der Waals surface area contributed by atoms with E-state index < -0.39 is 0 Å². The first kappa shape index (κ1) is 16.3. The summed E-state index contributed by atoms with van der Waals surface area (Å²) in [5.74, 6) is 1.57. The Morgan fingerprint density at radius 1 is 1.13 bits per heavy atom. The van der Waals surface area contributed by atoms with Crippen LogP contribution in [0.2, 0.25) is 0 Å². The van der Waals surface area contributed by atoms with Crippen molar-refractivity contribution in [1.82, 2.24) is 0 Å². The summed E-state index contributed by atoms with van der Waals surface area (Å²) in [4.78, 5) is 4.84. The molecule has 126 valence electrons. The number of hydrogen-bond donors (Lipinski definition) is 0. The van der Waals surface area contributed by atoms with Crippen molar-refractivity contribution in [3.8, 4) is 11.5 Å². The molecule has 1 saturated heterocycles. The van der Waals surface area contributed by atoms with E-state index >= 15 is 0 Å². The molecule has 5 nitrogen and oxygen atoms in total. The number of nitrogens with zero attached hydrogens (tertiary/aromatic N) is 1. The van der Waals surface area contributed by atoms with Gasteiger partial charge in [0.1, 0.15) is 0 Å².